The highest BCUT2D eigenvalue weighted by molar-refractivity contribution is 6.30. The third-order valence-electron chi connectivity index (χ3n) is 3.92. The molecule has 3 aromatic rings. The number of nitrogens with zero attached hydrogens (tertiary/aromatic N) is 3. The van der Waals surface area contributed by atoms with Crippen molar-refractivity contribution in [1.29, 1.82) is 0 Å². The summed E-state index contributed by atoms with van der Waals surface area (Å²) in [5.74, 6) is -0.285. The molecule has 0 unspecified atom stereocenters. The Morgan fingerprint density at radius 3 is 2.39 bits per heavy atom. The Bertz CT molecular complexity index is 1180. The maximum Gasteiger partial charge on any atom is 0.318 e. The average molecular weight is 441 g/mol. The molecule has 1 amide bonds. The van der Waals surface area contributed by atoms with Gasteiger partial charge in [0, 0.05) is 16.7 Å². The number of nitro groups is 2. The van der Waals surface area contributed by atoms with Gasteiger partial charge >= 0.3 is 5.69 Å². The summed E-state index contributed by atoms with van der Waals surface area (Å²) in [7, 11) is 0. The topological polar surface area (TPSA) is 137 Å². The lowest BCUT2D eigenvalue weighted by atomic mass is 10.2. The van der Waals surface area contributed by atoms with Crippen LogP contribution in [0.5, 0.6) is 11.5 Å². The van der Waals surface area contributed by atoms with Gasteiger partial charge < -0.3 is 4.74 Å². The minimum absolute atomic E-state index is 0.134. The number of amides is 1. The molecule has 156 valence electrons. The highest BCUT2D eigenvalue weighted by atomic mass is 35.5. The Hall–Kier alpha value is -4.31. The molecule has 31 heavy (non-hydrogen) atoms. The van der Waals surface area contributed by atoms with Crippen LogP contribution in [0.3, 0.4) is 0 Å². The molecule has 1 N–H and O–H groups in total. The van der Waals surface area contributed by atoms with E-state index in [1.54, 1.807) is 30.3 Å². The van der Waals surface area contributed by atoms with Crippen molar-refractivity contribution < 1.29 is 19.4 Å². The monoisotopic (exact) mass is 440 g/mol. The zero-order valence-electron chi connectivity index (χ0n) is 15.6. The molecule has 0 saturated carbocycles. The van der Waals surface area contributed by atoms with Crippen LogP contribution in [0, 0.1) is 20.2 Å². The Morgan fingerprint density at radius 1 is 1.00 bits per heavy atom. The van der Waals surface area contributed by atoms with Gasteiger partial charge in [0.2, 0.25) is 5.75 Å². The van der Waals surface area contributed by atoms with Crippen LogP contribution in [0.15, 0.2) is 71.8 Å². The summed E-state index contributed by atoms with van der Waals surface area (Å²) in [6.07, 6.45) is 1.40. The first kappa shape index (κ1) is 21.4. The van der Waals surface area contributed by atoms with Crippen molar-refractivity contribution >= 4 is 35.1 Å². The van der Waals surface area contributed by atoms with Gasteiger partial charge in [0.25, 0.3) is 11.6 Å². The number of hydrogen-bond acceptors (Lipinski definition) is 7. The van der Waals surface area contributed by atoms with Crippen LogP contribution in [0.25, 0.3) is 0 Å². The van der Waals surface area contributed by atoms with Crippen LogP contribution in [0.4, 0.5) is 11.4 Å². The van der Waals surface area contributed by atoms with E-state index in [2.05, 4.69) is 10.5 Å². The molecule has 3 rings (SSSR count). The summed E-state index contributed by atoms with van der Waals surface area (Å²) in [4.78, 5) is 32.5. The fourth-order valence-corrected chi connectivity index (χ4v) is 2.65. The summed E-state index contributed by atoms with van der Waals surface area (Å²) in [5, 5.41) is 26.3. The first-order chi connectivity index (χ1) is 14.8. The molecule has 0 spiro atoms. The molecule has 0 aliphatic carbocycles. The number of benzene rings is 3. The highest BCUT2D eigenvalue weighted by Gasteiger charge is 2.21. The van der Waals surface area contributed by atoms with E-state index in [1.807, 2.05) is 0 Å². The van der Waals surface area contributed by atoms with E-state index in [4.69, 9.17) is 16.3 Å². The Kier molecular flexibility index (Phi) is 6.53. The van der Waals surface area contributed by atoms with Crippen molar-refractivity contribution in [2.24, 2.45) is 5.10 Å². The largest absolute Gasteiger partial charge is 0.450 e. The maximum atomic E-state index is 12.0. The quantitative estimate of drug-likeness (QED) is 0.320. The van der Waals surface area contributed by atoms with Gasteiger partial charge in [0.1, 0.15) is 5.75 Å². The van der Waals surface area contributed by atoms with E-state index < -0.39 is 27.1 Å². The van der Waals surface area contributed by atoms with Crippen LogP contribution >= 0.6 is 11.6 Å². The van der Waals surface area contributed by atoms with E-state index in [-0.39, 0.29) is 11.5 Å². The molecule has 0 aliphatic heterocycles. The normalized spacial score (nSPS) is 10.6. The van der Waals surface area contributed by atoms with E-state index in [9.17, 15) is 25.0 Å². The summed E-state index contributed by atoms with van der Waals surface area (Å²) >= 11 is 5.84. The van der Waals surface area contributed by atoms with E-state index in [1.165, 1.54) is 24.4 Å². The lowest BCUT2D eigenvalue weighted by molar-refractivity contribution is -0.394. The predicted octanol–water partition coefficient (Wildman–Crippen LogP) is 4.71. The highest BCUT2D eigenvalue weighted by Crippen LogP contribution is 2.34. The van der Waals surface area contributed by atoms with Crippen LogP contribution in [0.2, 0.25) is 5.02 Å². The number of carbonyl (C=O) groups excluding carboxylic acids is 1. The molecule has 0 radical (unpaired) electrons. The number of rotatable bonds is 7. The smallest absolute Gasteiger partial charge is 0.318 e. The van der Waals surface area contributed by atoms with E-state index >= 15 is 0 Å². The van der Waals surface area contributed by atoms with Gasteiger partial charge in [-0.15, -0.1) is 0 Å². The second kappa shape index (κ2) is 9.46. The number of hydrogen-bond donors (Lipinski definition) is 1. The van der Waals surface area contributed by atoms with Gasteiger partial charge in [-0.25, -0.2) is 5.43 Å². The van der Waals surface area contributed by atoms with Gasteiger partial charge in [-0.1, -0.05) is 17.7 Å². The SMILES string of the molecule is O=C(N/N=C\c1ccc(Oc2ccc([N+](=O)[O-])cc2[N+](=O)[O-])cc1)c1cccc(Cl)c1. The zero-order valence-corrected chi connectivity index (χ0v) is 16.4. The number of carbonyl (C=O) groups is 1. The summed E-state index contributed by atoms with van der Waals surface area (Å²) < 4.78 is 5.48. The summed E-state index contributed by atoms with van der Waals surface area (Å²) in [6, 6.07) is 15.8. The summed E-state index contributed by atoms with van der Waals surface area (Å²) in [6.45, 7) is 0. The van der Waals surface area contributed by atoms with Crippen LogP contribution in [0.1, 0.15) is 15.9 Å². The molecule has 0 saturated heterocycles. The second-order valence-electron chi connectivity index (χ2n) is 6.05. The number of ether oxygens (including phenoxy) is 1. The fourth-order valence-electron chi connectivity index (χ4n) is 2.46. The molecule has 0 atom stereocenters. The van der Waals surface area contributed by atoms with Gasteiger partial charge in [-0.2, -0.15) is 5.10 Å². The Balaban J connectivity index is 1.67. The van der Waals surface area contributed by atoms with Crippen molar-refractivity contribution in [2.75, 3.05) is 0 Å². The molecule has 3 aromatic carbocycles. The third kappa shape index (κ3) is 5.61. The summed E-state index contributed by atoms with van der Waals surface area (Å²) in [5.41, 5.74) is 2.42. The van der Waals surface area contributed by atoms with Gasteiger partial charge in [-0.3, -0.25) is 25.0 Å². The molecule has 0 bridgehead atoms. The zero-order chi connectivity index (χ0) is 22.4. The molecule has 0 aromatic heterocycles. The number of hydrazone groups is 1. The first-order valence-electron chi connectivity index (χ1n) is 8.63. The van der Waals surface area contributed by atoms with Gasteiger partial charge in [0.05, 0.1) is 22.1 Å². The molecule has 0 fully saturated rings. The number of non-ortho nitro benzene ring substituents is 1. The minimum Gasteiger partial charge on any atom is -0.450 e. The molecule has 10 nitrogen and oxygen atoms in total. The second-order valence-corrected chi connectivity index (χ2v) is 6.48. The maximum absolute atomic E-state index is 12.0. The Morgan fingerprint density at radius 2 is 1.74 bits per heavy atom. The van der Waals surface area contributed by atoms with Gasteiger partial charge in [-0.05, 0) is 54.1 Å². The molecule has 0 heterocycles. The van der Waals surface area contributed by atoms with Crippen LogP contribution in [-0.4, -0.2) is 22.0 Å². The van der Waals surface area contributed by atoms with Crippen molar-refractivity contribution in [3.63, 3.8) is 0 Å². The van der Waals surface area contributed by atoms with Crippen molar-refractivity contribution in [3.05, 3.63) is 103 Å². The third-order valence-corrected chi connectivity index (χ3v) is 4.16. The lowest BCUT2D eigenvalue weighted by Gasteiger charge is -2.06. The average Bonchev–Trinajstić information content (AvgIpc) is 2.75. The Labute approximate surface area is 180 Å². The molecular formula is C20H13ClN4O6. The molecular weight excluding hydrogens is 428 g/mol. The van der Waals surface area contributed by atoms with Crippen molar-refractivity contribution in [1.82, 2.24) is 5.43 Å². The van der Waals surface area contributed by atoms with Crippen molar-refractivity contribution in [3.8, 4) is 11.5 Å². The minimum atomic E-state index is -0.758. The standard InChI is InChI=1S/C20H13ClN4O6/c21-15-3-1-2-14(10-15)20(26)23-22-12-13-4-7-17(8-5-13)31-19-9-6-16(24(27)28)11-18(19)25(29)30/h1-12H,(H,23,26)/b22-12-. The van der Waals surface area contributed by atoms with Crippen molar-refractivity contribution in [2.45, 2.75) is 0 Å². The van der Waals surface area contributed by atoms with Gasteiger partial charge in [0.15, 0.2) is 0 Å². The fraction of sp³-hybridized carbons (Fsp3) is 0. The van der Waals surface area contributed by atoms with Crippen LogP contribution < -0.4 is 10.2 Å². The predicted molar refractivity (Wildman–Crippen MR) is 113 cm³/mol. The lowest BCUT2D eigenvalue weighted by Crippen LogP contribution is -2.17. The van der Waals surface area contributed by atoms with E-state index in [0.29, 0.717) is 16.1 Å². The number of nitrogens with one attached hydrogen (secondary N) is 1. The number of halogens is 1. The molecule has 0 aliphatic rings. The van der Waals surface area contributed by atoms with E-state index in [0.717, 1.165) is 18.2 Å². The first-order valence-corrected chi connectivity index (χ1v) is 9.01. The van der Waals surface area contributed by atoms with Crippen LogP contribution in [-0.2, 0) is 0 Å². The molecule has 11 heteroatoms. The number of nitro benzene ring substituents is 2.